The van der Waals surface area contributed by atoms with Gasteiger partial charge in [0.25, 0.3) is 0 Å². The molecule has 1 fully saturated rings. The molecule has 1 aliphatic heterocycles. The van der Waals surface area contributed by atoms with Gasteiger partial charge in [-0.25, -0.2) is 4.68 Å². The van der Waals surface area contributed by atoms with E-state index in [0.29, 0.717) is 5.69 Å². The van der Waals surface area contributed by atoms with E-state index in [1.165, 1.54) is 4.68 Å². The summed E-state index contributed by atoms with van der Waals surface area (Å²) >= 11 is 0. The maximum absolute atomic E-state index is 9.98. The number of ether oxygens (including phenoxy) is 1. The quantitative estimate of drug-likeness (QED) is 0.566. The molecule has 0 amide bonds. The van der Waals surface area contributed by atoms with Crippen LogP contribution in [0.3, 0.4) is 0 Å². The number of hydrogen-bond donors (Lipinski definition) is 4. The molecule has 0 spiro atoms. The molecule has 1 aromatic carbocycles. The second-order valence-corrected chi connectivity index (χ2v) is 5.26. The van der Waals surface area contributed by atoms with E-state index in [-0.39, 0.29) is 0 Å². The summed E-state index contributed by atoms with van der Waals surface area (Å²) in [7, 11) is 0. The first-order chi connectivity index (χ1) is 10.6. The lowest BCUT2D eigenvalue weighted by Crippen LogP contribution is -2.59. The van der Waals surface area contributed by atoms with Crippen LogP contribution in [0, 0.1) is 0 Å². The zero-order valence-electron chi connectivity index (χ0n) is 11.7. The van der Waals surface area contributed by atoms with Gasteiger partial charge in [-0.05, 0) is 0 Å². The fourth-order valence-electron chi connectivity index (χ4n) is 2.50. The van der Waals surface area contributed by atoms with Gasteiger partial charge in [0.05, 0.1) is 18.8 Å². The second-order valence-electron chi connectivity index (χ2n) is 5.26. The molecular formula is C14H18N4O4. The summed E-state index contributed by atoms with van der Waals surface area (Å²) in [5.41, 5.74) is 7.43. The fourth-order valence-corrected chi connectivity index (χ4v) is 2.50. The van der Waals surface area contributed by atoms with E-state index >= 15 is 0 Å². The van der Waals surface area contributed by atoms with Gasteiger partial charge in [0.15, 0.2) is 6.23 Å². The van der Waals surface area contributed by atoms with Crippen molar-refractivity contribution in [1.82, 2.24) is 15.0 Å². The van der Waals surface area contributed by atoms with Crippen LogP contribution in [0.1, 0.15) is 6.23 Å². The number of aliphatic hydroxyl groups excluding tert-OH is 3. The highest BCUT2D eigenvalue weighted by Crippen LogP contribution is 2.27. The van der Waals surface area contributed by atoms with Crippen molar-refractivity contribution in [3.8, 4) is 11.3 Å². The normalized spacial score (nSPS) is 32.1. The molecule has 3 rings (SSSR count). The van der Waals surface area contributed by atoms with Crippen LogP contribution in [0.15, 0.2) is 36.5 Å². The molecular weight excluding hydrogens is 288 g/mol. The van der Waals surface area contributed by atoms with Crippen molar-refractivity contribution in [3.05, 3.63) is 36.5 Å². The lowest BCUT2D eigenvalue weighted by molar-refractivity contribution is -0.213. The van der Waals surface area contributed by atoms with Crippen molar-refractivity contribution in [1.29, 1.82) is 0 Å². The smallest absolute Gasteiger partial charge is 0.170 e. The Hall–Kier alpha value is -1.84. The van der Waals surface area contributed by atoms with Gasteiger partial charge in [0.2, 0.25) is 0 Å². The molecule has 8 heteroatoms. The Morgan fingerprint density at radius 1 is 1.18 bits per heavy atom. The van der Waals surface area contributed by atoms with E-state index < -0.39 is 37.2 Å². The van der Waals surface area contributed by atoms with Crippen LogP contribution in [0.4, 0.5) is 0 Å². The van der Waals surface area contributed by atoms with Crippen molar-refractivity contribution in [2.45, 2.75) is 30.6 Å². The number of benzene rings is 1. The number of nitrogens with two attached hydrogens (primary N) is 1. The summed E-state index contributed by atoms with van der Waals surface area (Å²) in [6.07, 6.45) is -2.56. The Bertz CT molecular complexity index is 618. The van der Waals surface area contributed by atoms with Crippen molar-refractivity contribution >= 4 is 0 Å². The summed E-state index contributed by atoms with van der Waals surface area (Å²) in [5.74, 6) is 0. The molecule has 5 atom stereocenters. The standard InChI is InChI=1S/C14H18N4O4/c15-11-13(21)12(20)10(7-19)22-14(11)18-6-9(16-17-18)8-4-2-1-3-5-8/h1-6,10-14,19-21H,7,15H2/t10-,11-,12-,13-,14-/m1/s1. The van der Waals surface area contributed by atoms with Crippen LogP contribution in [0.5, 0.6) is 0 Å². The molecule has 5 N–H and O–H groups in total. The third-order valence-corrected chi connectivity index (χ3v) is 3.79. The van der Waals surface area contributed by atoms with Gasteiger partial charge in [-0.3, -0.25) is 0 Å². The second kappa shape index (κ2) is 6.11. The monoisotopic (exact) mass is 306 g/mol. The highest BCUT2D eigenvalue weighted by Gasteiger charge is 2.43. The minimum Gasteiger partial charge on any atom is -0.394 e. The molecule has 8 nitrogen and oxygen atoms in total. The lowest BCUT2D eigenvalue weighted by atomic mass is 9.97. The maximum atomic E-state index is 9.98. The maximum Gasteiger partial charge on any atom is 0.170 e. The van der Waals surface area contributed by atoms with Gasteiger partial charge in [0.1, 0.15) is 24.0 Å². The molecule has 0 radical (unpaired) electrons. The van der Waals surface area contributed by atoms with Crippen molar-refractivity contribution in [3.63, 3.8) is 0 Å². The van der Waals surface area contributed by atoms with E-state index in [2.05, 4.69) is 10.3 Å². The minimum absolute atomic E-state index is 0.429. The highest BCUT2D eigenvalue weighted by molar-refractivity contribution is 5.57. The molecule has 2 heterocycles. The van der Waals surface area contributed by atoms with E-state index in [1.54, 1.807) is 6.20 Å². The summed E-state index contributed by atoms with van der Waals surface area (Å²) in [6, 6.07) is 8.58. The summed E-state index contributed by atoms with van der Waals surface area (Å²) < 4.78 is 6.93. The summed E-state index contributed by atoms with van der Waals surface area (Å²) in [4.78, 5) is 0. The van der Waals surface area contributed by atoms with Crippen molar-refractivity contribution in [2.24, 2.45) is 5.73 Å². The third kappa shape index (κ3) is 2.62. The van der Waals surface area contributed by atoms with Crippen LogP contribution in [0.2, 0.25) is 0 Å². The molecule has 1 saturated heterocycles. The van der Waals surface area contributed by atoms with Gasteiger partial charge >= 0.3 is 0 Å². The molecule has 0 unspecified atom stereocenters. The van der Waals surface area contributed by atoms with E-state index in [0.717, 1.165) is 5.56 Å². The Balaban J connectivity index is 1.86. The molecule has 118 valence electrons. The molecule has 22 heavy (non-hydrogen) atoms. The fraction of sp³-hybridized carbons (Fsp3) is 0.429. The predicted molar refractivity (Wildman–Crippen MR) is 76.4 cm³/mol. The number of aromatic nitrogens is 3. The molecule has 0 bridgehead atoms. The molecule has 1 aromatic heterocycles. The van der Waals surface area contributed by atoms with Gasteiger partial charge in [-0.1, -0.05) is 35.5 Å². The Labute approximate surface area is 126 Å². The van der Waals surface area contributed by atoms with Crippen LogP contribution in [-0.2, 0) is 4.74 Å². The Morgan fingerprint density at radius 2 is 1.91 bits per heavy atom. The first-order valence-corrected chi connectivity index (χ1v) is 6.97. The van der Waals surface area contributed by atoms with Crippen molar-refractivity contribution < 1.29 is 20.1 Å². The topological polar surface area (TPSA) is 127 Å². The average molecular weight is 306 g/mol. The highest BCUT2D eigenvalue weighted by atomic mass is 16.5. The third-order valence-electron chi connectivity index (χ3n) is 3.79. The van der Waals surface area contributed by atoms with Crippen molar-refractivity contribution in [2.75, 3.05) is 6.61 Å². The van der Waals surface area contributed by atoms with Crippen LogP contribution in [-0.4, -0.2) is 61.3 Å². The Morgan fingerprint density at radius 3 is 2.59 bits per heavy atom. The van der Waals surface area contributed by atoms with Gasteiger partial charge in [0, 0.05) is 5.56 Å². The van der Waals surface area contributed by atoms with Gasteiger partial charge in [-0.15, -0.1) is 5.10 Å². The number of nitrogens with zero attached hydrogens (tertiary/aromatic N) is 3. The summed E-state index contributed by atoms with van der Waals surface area (Å²) in [5, 5.41) is 37.0. The number of aliphatic hydroxyl groups is 3. The SMILES string of the molecule is N[C@@H]1[C@@H](O)[C@H](O)[C@@H](CO)O[C@H]1n1cc(-c2ccccc2)nn1. The van der Waals surface area contributed by atoms with Crippen LogP contribution >= 0.6 is 0 Å². The van der Waals surface area contributed by atoms with E-state index in [4.69, 9.17) is 10.5 Å². The van der Waals surface area contributed by atoms with Gasteiger partial charge < -0.3 is 25.8 Å². The lowest BCUT2D eigenvalue weighted by Gasteiger charge is -2.40. The molecule has 1 aliphatic rings. The number of rotatable bonds is 3. The molecule has 0 saturated carbocycles. The average Bonchev–Trinajstić information content (AvgIpc) is 3.04. The summed E-state index contributed by atoms with van der Waals surface area (Å²) in [6.45, 7) is -0.429. The largest absolute Gasteiger partial charge is 0.394 e. The minimum atomic E-state index is -1.24. The first kappa shape index (κ1) is 15.1. The molecule has 0 aliphatic carbocycles. The zero-order chi connectivity index (χ0) is 15.7. The number of hydrogen-bond acceptors (Lipinski definition) is 7. The van der Waals surface area contributed by atoms with Crippen LogP contribution in [0.25, 0.3) is 11.3 Å². The molecule has 2 aromatic rings. The first-order valence-electron chi connectivity index (χ1n) is 6.97. The zero-order valence-corrected chi connectivity index (χ0v) is 11.7. The predicted octanol–water partition coefficient (Wildman–Crippen LogP) is -1.12. The van der Waals surface area contributed by atoms with Crippen LogP contribution < -0.4 is 5.73 Å². The van der Waals surface area contributed by atoms with E-state index in [9.17, 15) is 15.3 Å². The Kier molecular flexibility index (Phi) is 4.19. The van der Waals surface area contributed by atoms with E-state index in [1.807, 2.05) is 30.3 Å². The van der Waals surface area contributed by atoms with Gasteiger partial charge in [-0.2, -0.15) is 0 Å².